The highest BCUT2D eigenvalue weighted by Crippen LogP contribution is 2.47. The van der Waals surface area contributed by atoms with Gasteiger partial charge in [-0.15, -0.1) is 0 Å². The first kappa shape index (κ1) is 11.5. The number of hydrogen-bond acceptors (Lipinski definition) is 0. The molecule has 0 saturated heterocycles. The predicted molar refractivity (Wildman–Crippen MR) is 208 cm³/mol. The average molecular weight is 634 g/mol. The van der Waals surface area contributed by atoms with Crippen molar-refractivity contribution in [3.8, 4) is 33.4 Å². The van der Waals surface area contributed by atoms with Crippen LogP contribution in [-0.4, -0.2) is 0 Å². The Balaban J connectivity index is 1.46. The molecule has 0 aliphatic carbocycles. The maximum absolute atomic E-state index is 9.80. The van der Waals surface area contributed by atoms with Gasteiger partial charge < -0.3 is 0 Å². The van der Waals surface area contributed by atoms with E-state index in [4.69, 9.17) is 26.0 Å². The van der Waals surface area contributed by atoms with Crippen LogP contribution in [0.5, 0.6) is 0 Å². The normalized spacial score (nSPS) is 19.6. The van der Waals surface area contributed by atoms with Crippen LogP contribution in [0.1, 0.15) is 37.0 Å². The Kier molecular flexibility index (Phi) is 2.55. The SMILES string of the molecule is [2H]c1cc2c(-c3c([2H])cc(-c4c([2H])c5c([2H])c([2H])c([2H])c([2H])c5c5c([2H])c([2H])c([2H])c([2H])c45)c([2H])c3[2H])c3c([2H])c([2H])c([2H])c([2H])c3c(-c3c([2H])c4c([2H])c([2H])c([2H])c([2H])c4c4c([2H])c([2H])c([2H])cc34)c2c([2H])c1[2H]. The van der Waals surface area contributed by atoms with Gasteiger partial charge in [0, 0.05) is 0 Å². The lowest BCUT2D eigenvalue weighted by molar-refractivity contribution is 1.64. The summed E-state index contributed by atoms with van der Waals surface area (Å²) in [6.45, 7) is 0. The number of benzene rings is 10. The van der Waals surface area contributed by atoms with Crippen LogP contribution in [0.3, 0.4) is 0 Å². The molecule has 0 heteroatoms. The topological polar surface area (TPSA) is 0 Å². The molecule has 0 aliphatic rings. The standard InChI is InChI=1S/C48H30/c1-3-15-35-33(13-1)29-45(39-19-7-5-17-37(35)39)31-25-27-32(28-26-31)47-41-21-9-11-23-43(41)48(44-24-12-10-22-42(44)47)46-30-34-14-2-4-16-36(34)38-18-6-8-20-40(38)46/h1-30H/i1D,2D,3D,4D,5D,6D,7D,8D,9D,10D,11D,12D,13D,14D,15D,16D,17D,18D,19D,21D,23D,24D,25D,27D,28D,29D,30D. The Morgan fingerprint density at radius 1 is 0.271 bits per heavy atom. The maximum atomic E-state index is 9.80. The second-order valence-corrected chi connectivity index (χ2v) is 10.7. The number of fused-ring (bicyclic) bond motifs is 8. The molecule has 0 aromatic heterocycles. The van der Waals surface area contributed by atoms with Crippen molar-refractivity contribution in [1.29, 1.82) is 0 Å². The molecule has 222 valence electrons. The fourth-order valence-electron chi connectivity index (χ4n) is 6.21. The van der Waals surface area contributed by atoms with Crippen molar-refractivity contribution in [2.75, 3.05) is 0 Å². The fraction of sp³-hybridized carbons (Fsp3) is 0. The zero-order valence-corrected chi connectivity index (χ0v) is 24.2. The van der Waals surface area contributed by atoms with E-state index in [-0.39, 0.29) is 16.2 Å². The van der Waals surface area contributed by atoms with Gasteiger partial charge in [-0.3, -0.25) is 0 Å². The molecular weight excluding hydrogens is 577 g/mol. The zero-order chi connectivity index (χ0) is 55.1. The molecule has 0 atom stereocenters. The van der Waals surface area contributed by atoms with E-state index in [1.807, 2.05) is 0 Å². The van der Waals surface area contributed by atoms with Gasteiger partial charge in [-0.1, -0.05) is 169 Å². The van der Waals surface area contributed by atoms with E-state index in [2.05, 4.69) is 0 Å². The van der Waals surface area contributed by atoms with Crippen molar-refractivity contribution in [1.82, 2.24) is 0 Å². The summed E-state index contributed by atoms with van der Waals surface area (Å²) in [7, 11) is 0. The molecule has 48 heavy (non-hydrogen) atoms. The average Bonchev–Trinajstić information content (AvgIpc) is 3.38. The van der Waals surface area contributed by atoms with Crippen LogP contribution in [0.15, 0.2) is 181 Å². The molecule has 0 aliphatic heterocycles. The van der Waals surface area contributed by atoms with E-state index in [0.717, 1.165) is 18.2 Å². The lowest BCUT2D eigenvalue weighted by atomic mass is 9.83. The van der Waals surface area contributed by atoms with Crippen LogP contribution in [0.2, 0.25) is 0 Å². The van der Waals surface area contributed by atoms with Gasteiger partial charge in [0.05, 0.1) is 37.0 Å². The third kappa shape index (κ3) is 4.03. The molecule has 0 bridgehead atoms. The van der Waals surface area contributed by atoms with Gasteiger partial charge in [0.25, 0.3) is 0 Å². The molecule has 0 saturated carbocycles. The van der Waals surface area contributed by atoms with Crippen molar-refractivity contribution >= 4 is 64.6 Å². The Labute approximate surface area is 317 Å². The summed E-state index contributed by atoms with van der Waals surface area (Å²) in [4.78, 5) is 0. The van der Waals surface area contributed by atoms with E-state index >= 15 is 0 Å². The minimum atomic E-state index is -0.939. The van der Waals surface area contributed by atoms with Crippen molar-refractivity contribution in [2.24, 2.45) is 0 Å². The molecule has 0 N–H and O–H groups in total. The van der Waals surface area contributed by atoms with Gasteiger partial charge in [0.1, 0.15) is 0 Å². The summed E-state index contributed by atoms with van der Waals surface area (Å²) in [5.74, 6) is 0. The Morgan fingerprint density at radius 3 is 1.42 bits per heavy atom. The molecule has 0 heterocycles. The summed E-state index contributed by atoms with van der Waals surface area (Å²) in [5, 5.41) is -5.55. The first-order valence-electron chi connectivity index (χ1n) is 28.0. The third-order valence-corrected chi connectivity index (χ3v) is 8.23. The van der Waals surface area contributed by atoms with Crippen LogP contribution in [0.4, 0.5) is 0 Å². The van der Waals surface area contributed by atoms with Gasteiger partial charge in [0.2, 0.25) is 0 Å². The van der Waals surface area contributed by atoms with Crippen LogP contribution >= 0.6 is 0 Å². The van der Waals surface area contributed by atoms with Crippen molar-refractivity contribution < 1.29 is 37.0 Å². The molecule has 0 fully saturated rings. The molecule has 0 nitrogen and oxygen atoms in total. The zero-order valence-electron chi connectivity index (χ0n) is 51.2. The highest BCUT2D eigenvalue weighted by molar-refractivity contribution is 6.26. The van der Waals surface area contributed by atoms with E-state index in [0.29, 0.717) is 0 Å². The molecule has 0 amide bonds. The summed E-state index contributed by atoms with van der Waals surface area (Å²) >= 11 is 0. The first-order chi connectivity index (χ1) is 35.0. The van der Waals surface area contributed by atoms with Crippen molar-refractivity contribution in [2.45, 2.75) is 0 Å². The largest absolute Gasteiger partial charge is 0.0636 e. The molecular formula is C48H30. The maximum Gasteiger partial charge on any atom is 0.0636 e. The Hall–Kier alpha value is -6.24. The van der Waals surface area contributed by atoms with E-state index < -0.39 is 245 Å². The van der Waals surface area contributed by atoms with Crippen molar-refractivity contribution in [3.05, 3.63) is 181 Å². The summed E-state index contributed by atoms with van der Waals surface area (Å²) in [6, 6.07) is -18.5. The van der Waals surface area contributed by atoms with E-state index in [9.17, 15) is 11.0 Å². The lowest BCUT2D eigenvalue weighted by Crippen LogP contribution is -1.92. The van der Waals surface area contributed by atoms with Gasteiger partial charge in [-0.25, -0.2) is 0 Å². The molecule has 0 radical (unpaired) electrons. The molecule has 10 aromatic carbocycles. The van der Waals surface area contributed by atoms with Crippen LogP contribution in [0, 0.1) is 0 Å². The summed E-state index contributed by atoms with van der Waals surface area (Å²) in [5.41, 5.74) is -3.14. The van der Waals surface area contributed by atoms with Gasteiger partial charge in [-0.05, 0) is 110 Å². The fourth-order valence-corrected chi connectivity index (χ4v) is 6.21. The highest BCUT2D eigenvalue weighted by Gasteiger charge is 2.19. The predicted octanol–water partition coefficient (Wildman–Crippen LogP) is 13.6. The Bertz CT molecular complexity index is 4430. The van der Waals surface area contributed by atoms with E-state index in [1.165, 1.54) is 0 Å². The summed E-state index contributed by atoms with van der Waals surface area (Å²) < 4.78 is 243. The van der Waals surface area contributed by atoms with Crippen molar-refractivity contribution in [3.63, 3.8) is 0 Å². The minimum Gasteiger partial charge on any atom is -0.0616 e. The van der Waals surface area contributed by atoms with Crippen LogP contribution in [0.25, 0.3) is 98.0 Å². The van der Waals surface area contributed by atoms with Crippen LogP contribution < -0.4 is 0 Å². The smallest absolute Gasteiger partial charge is 0.0616 e. The molecule has 10 aromatic rings. The first-order valence-corrected chi connectivity index (χ1v) is 14.5. The van der Waals surface area contributed by atoms with Crippen LogP contribution in [-0.2, 0) is 0 Å². The Morgan fingerprint density at radius 2 is 0.729 bits per heavy atom. The third-order valence-electron chi connectivity index (χ3n) is 8.23. The van der Waals surface area contributed by atoms with E-state index in [1.54, 1.807) is 0 Å². The van der Waals surface area contributed by atoms with Gasteiger partial charge >= 0.3 is 0 Å². The molecule has 0 unspecified atom stereocenters. The second kappa shape index (κ2) is 10.7. The quantitative estimate of drug-likeness (QED) is 0.134. The lowest BCUT2D eigenvalue weighted by Gasteiger charge is -2.20. The highest BCUT2D eigenvalue weighted by atomic mass is 14.2. The van der Waals surface area contributed by atoms with Gasteiger partial charge in [-0.2, -0.15) is 0 Å². The van der Waals surface area contributed by atoms with Gasteiger partial charge in [0.15, 0.2) is 0 Å². The number of hydrogen-bond donors (Lipinski definition) is 0. The summed E-state index contributed by atoms with van der Waals surface area (Å²) in [6.07, 6.45) is 0. The second-order valence-electron chi connectivity index (χ2n) is 10.7. The minimum absolute atomic E-state index is 0.316. The number of rotatable bonds is 3. The monoisotopic (exact) mass is 633 g/mol. The molecule has 10 rings (SSSR count). The molecule has 0 spiro atoms.